The highest BCUT2D eigenvalue weighted by atomic mass is 35.5. The molecule has 2 aliphatic rings. The van der Waals surface area contributed by atoms with Crippen molar-refractivity contribution >= 4 is 23.5 Å². The molecule has 0 bridgehead atoms. The first-order valence-corrected chi connectivity index (χ1v) is 10.3. The third kappa shape index (κ3) is 4.15. The van der Waals surface area contributed by atoms with Crippen LogP contribution in [0.15, 0.2) is 0 Å². The fourth-order valence-corrected chi connectivity index (χ4v) is 4.11. The average Bonchev–Trinajstić information content (AvgIpc) is 2.63. The summed E-state index contributed by atoms with van der Waals surface area (Å²) < 4.78 is 5.99. The Morgan fingerprint density at radius 2 is 1.93 bits per heavy atom. The summed E-state index contributed by atoms with van der Waals surface area (Å²) >= 11 is 6.19. The Bertz CT molecular complexity index is 704. The van der Waals surface area contributed by atoms with Gasteiger partial charge in [0.05, 0.1) is 6.04 Å². The number of hydrogen-bond donors (Lipinski definition) is 0. The van der Waals surface area contributed by atoms with Gasteiger partial charge in [0, 0.05) is 24.7 Å². The first-order chi connectivity index (χ1) is 12.7. The Balaban J connectivity index is 1.83. The van der Waals surface area contributed by atoms with E-state index in [1.165, 1.54) is 5.56 Å². The lowest BCUT2D eigenvalue weighted by molar-refractivity contribution is 0.0226. The monoisotopic (exact) mass is 394 g/mol. The van der Waals surface area contributed by atoms with Crippen molar-refractivity contribution < 1.29 is 9.53 Å². The van der Waals surface area contributed by atoms with Crippen LogP contribution < -0.4 is 4.90 Å². The first-order valence-electron chi connectivity index (χ1n) is 9.93. The van der Waals surface area contributed by atoms with Crippen LogP contribution in [0.25, 0.3) is 0 Å². The Morgan fingerprint density at radius 1 is 1.22 bits per heavy atom. The number of rotatable bonds is 2. The van der Waals surface area contributed by atoms with Crippen LogP contribution in [-0.2, 0) is 11.2 Å². The number of anilines is 1. The van der Waals surface area contributed by atoms with Gasteiger partial charge in [-0.3, -0.25) is 0 Å². The van der Waals surface area contributed by atoms with E-state index in [0.717, 1.165) is 56.5 Å². The van der Waals surface area contributed by atoms with Crippen LogP contribution >= 0.6 is 11.6 Å². The van der Waals surface area contributed by atoms with Gasteiger partial charge in [0.2, 0.25) is 0 Å². The third-order valence-electron chi connectivity index (χ3n) is 5.96. The molecule has 6 nitrogen and oxygen atoms in total. The fraction of sp³-hybridized carbons (Fsp3) is 0.750. The maximum absolute atomic E-state index is 12.7. The SMILES string of the molecule is Cc1c(Cl)nnc2c1CCCN2[C@@H]1CCCC[C@H]1OC(=O)N(C)C(C)(C)C. The van der Waals surface area contributed by atoms with Crippen molar-refractivity contribution in [3.8, 4) is 0 Å². The Kier molecular flexibility index (Phi) is 5.84. The summed E-state index contributed by atoms with van der Waals surface area (Å²) in [5.74, 6) is 0.917. The van der Waals surface area contributed by atoms with E-state index < -0.39 is 0 Å². The van der Waals surface area contributed by atoms with E-state index in [1.54, 1.807) is 11.9 Å². The van der Waals surface area contributed by atoms with Gasteiger partial charge in [-0.05, 0) is 65.4 Å². The molecule has 0 radical (unpaired) electrons. The minimum absolute atomic E-state index is 0.125. The average molecular weight is 395 g/mol. The molecule has 1 fully saturated rings. The number of aromatic nitrogens is 2. The van der Waals surface area contributed by atoms with Crippen molar-refractivity contribution in [1.29, 1.82) is 0 Å². The molecule has 7 heteroatoms. The molecular weight excluding hydrogens is 364 g/mol. The molecule has 2 heterocycles. The molecule has 2 atom stereocenters. The van der Waals surface area contributed by atoms with E-state index in [1.807, 2.05) is 27.7 Å². The Morgan fingerprint density at radius 3 is 2.63 bits per heavy atom. The topological polar surface area (TPSA) is 58.6 Å². The molecule has 1 aliphatic heterocycles. The molecule has 3 rings (SSSR count). The van der Waals surface area contributed by atoms with E-state index in [2.05, 4.69) is 15.1 Å². The lowest BCUT2D eigenvalue weighted by atomic mass is 9.89. The van der Waals surface area contributed by atoms with Gasteiger partial charge in [0.25, 0.3) is 0 Å². The highest BCUT2D eigenvalue weighted by Gasteiger charge is 2.37. The maximum Gasteiger partial charge on any atom is 0.410 e. The molecule has 1 aromatic rings. The lowest BCUT2D eigenvalue weighted by Gasteiger charge is -2.43. The van der Waals surface area contributed by atoms with Gasteiger partial charge in [-0.15, -0.1) is 10.2 Å². The van der Waals surface area contributed by atoms with Gasteiger partial charge in [-0.1, -0.05) is 18.0 Å². The molecule has 1 saturated carbocycles. The normalized spacial score (nSPS) is 23.0. The second kappa shape index (κ2) is 7.82. The largest absolute Gasteiger partial charge is 0.444 e. The molecule has 0 N–H and O–H groups in total. The van der Waals surface area contributed by atoms with Gasteiger partial charge in [-0.25, -0.2) is 4.79 Å². The van der Waals surface area contributed by atoms with Gasteiger partial charge in [0.15, 0.2) is 11.0 Å². The quantitative estimate of drug-likeness (QED) is 0.745. The van der Waals surface area contributed by atoms with Crippen molar-refractivity contribution in [1.82, 2.24) is 15.1 Å². The number of fused-ring (bicyclic) bond motifs is 1. The first kappa shape index (κ1) is 20.2. The second-order valence-corrected chi connectivity index (χ2v) is 9.08. The molecule has 1 aliphatic carbocycles. The number of nitrogens with zero attached hydrogens (tertiary/aromatic N) is 4. The summed E-state index contributed by atoms with van der Waals surface area (Å²) in [6.45, 7) is 8.95. The summed E-state index contributed by atoms with van der Waals surface area (Å²) in [6, 6.07) is 0.144. The zero-order valence-corrected chi connectivity index (χ0v) is 17.8. The minimum atomic E-state index is -0.266. The molecular formula is C20H31ClN4O2. The third-order valence-corrected chi connectivity index (χ3v) is 6.32. The van der Waals surface area contributed by atoms with Crippen LogP contribution in [0.4, 0.5) is 10.6 Å². The van der Waals surface area contributed by atoms with Crippen molar-refractivity contribution in [2.24, 2.45) is 0 Å². The van der Waals surface area contributed by atoms with E-state index in [9.17, 15) is 4.79 Å². The number of carbonyl (C=O) groups excluding carboxylic acids is 1. The van der Waals surface area contributed by atoms with E-state index >= 15 is 0 Å². The molecule has 27 heavy (non-hydrogen) atoms. The number of carbonyl (C=O) groups is 1. The van der Waals surface area contributed by atoms with Gasteiger partial charge >= 0.3 is 6.09 Å². The maximum atomic E-state index is 12.7. The van der Waals surface area contributed by atoms with E-state index in [0.29, 0.717) is 5.15 Å². The van der Waals surface area contributed by atoms with Gasteiger partial charge in [-0.2, -0.15) is 0 Å². The zero-order valence-electron chi connectivity index (χ0n) is 17.1. The number of ether oxygens (including phenoxy) is 1. The molecule has 150 valence electrons. The van der Waals surface area contributed by atoms with Crippen molar-refractivity contribution in [2.45, 2.75) is 83.9 Å². The molecule has 0 spiro atoms. The molecule has 0 aromatic carbocycles. The zero-order chi connectivity index (χ0) is 19.8. The smallest absolute Gasteiger partial charge is 0.410 e. The number of amides is 1. The number of halogens is 1. The van der Waals surface area contributed by atoms with Crippen LogP contribution in [0.2, 0.25) is 5.15 Å². The summed E-state index contributed by atoms with van der Waals surface area (Å²) in [5.41, 5.74) is 1.94. The van der Waals surface area contributed by atoms with E-state index in [-0.39, 0.29) is 23.8 Å². The Hall–Kier alpha value is -1.56. The van der Waals surface area contributed by atoms with Crippen LogP contribution in [0.3, 0.4) is 0 Å². The predicted molar refractivity (Wildman–Crippen MR) is 107 cm³/mol. The van der Waals surface area contributed by atoms with Crippen molar-refractivity contribution in [3.63, 3.8) is 0 Å². The second-order valence-electron chi connectivity index (χ2n) is 8.72. The predicted octanol–water partition coefficient (Wildman–Crippen LogP) is 4.37. The highest BCUT2D eigenvalue weighted by Crippen LogP contribution is 2.36. The molecule has 0 saturated heterocycles. The Labute approximate surface area is 167 Å². The van der Waals surface area contributed by atoms with Crippen LogP contribution in [0, 0.1) is 6.92 Å². The number of hydrogen-bond acceptors (Lipinski definition) is 5. The van der Waals surface area contributed by atoms with Crippen molar-refractivity contribution in [3.05, 3.63) is 16.3 Å². The lowest BCUT2D eigenvalue weighted by Crippen LogP contribution is -2.52. The molecule has 1 amide bonds. The standard InChI is InChI=1S/C20H31ClN4O2/c1-13-14-9-8-12-25(18(14)23-22-17(13)21)15-10-6-7-11-16(15)27-19(26)24(5)20(2,3)4/h15-16H,6-12H2,1-5H3/t15-,16-/m1/s1. The van der Waals surface area contributed by atoms with E-state index in [4.69, 9.17) is 16.3 Å². The van der Waals surface area contributed by atoms with Crippen LogP contribution in [0.5, 0.6) is 0 Å². The van der Waals surface area contributed by atoms with Crippen LogP contribution in [-0.4, -0.2) is 52.5 Å². The minimum Gasteiger partial charge on any atom is -0.444 e. The van der Waals surface area contributed by atoms with Gasteiger partial charge in [0.1, 0.15) is 6.10 Å². The summed E-state index contributed by atoms with van der Waals surface area (Å²) in [5, 5.41) is 9.04. The fourth-order valence-electron chi connectivity index (χ4n) is 3.96. The molecule has 0 unspecified atom stereocenters. The van der Waals surface area contributed by atoms with Gasteiger partial charge < -0.3 is 14.5 Å². The van der Waals surface area contributed by atoms with Crippen LogP contribution in [0.1, 0.15) is 64.0 Å². The summed E-state index contributed by atoms with van der Waals surface area (Å²) in [6.07, 6.45) is 5.75. The summed E-state index contributed by atoms with van der Waals surface area (Å²) in [7, 11) is 1.80. The molecule has 1 aromatic heterocycles. The summed E-state index contributed by atoms with van der Waals surface area (Å²) in [4.78, 5) is 16.7. The van der Waals surface area contributed by atoms with Crippen molar-refractivity contribution in [2.75, 3.05) is 18.5 Å². The highest BCUT2D eigenvalue weighted by molar-refractivity contribution is 6.30.